The van der Waals surface area contributed by atoms with Gasteiger partial charge in [0.2, 0.25) is 0 Å². The number of thiazole rings is 1. The molecule has 3 rings (SSSR count). The van der Waals surface area contributed by atoms with Gasteiger partial charge in [0.05, 0.1) is 21.1 Å². The van der Waals surface area contributed by atoms with Crippen molar-refractivity contribution in [2.24, 2.45) is 0 Å². The van der Waals surface area contributed by atoms with Crippen LogP contribution in [0.2, 0.25) is 0 Å². The van der Waals surface area contributed by atoms with Crippen LogP contribution < -0.4 is 10.6 Å². The number of carbonyl (C=O) groups excluding carboxylic acids is 2. The van der Waals surface area contributed by atoms with Crippen molar-refractivity contribution in [2.45, 2.75) is 13.3 Å². The van der Waals surface area contributed by atoms with E-state index in [9.17, 15) is 9.59 Å². The molecule has 0 saturated carbocycles. The molecule has 2 N–H and O–H groups in total. The SMILES string of the molecule is Cc1cc(NC(=O)c2ccco2)sc1C(=O)NCCc1nccs1. The molecule has 0 aliphatic carbocycles. The fourth-order valence-corrected chi connectivity index (χ4v) is 3.69. The first kappa shape index (κ1) is 16.4. The molecule has 0 saturated heterocycles. The van der Waals surface area contributed by atoms with Crippen LogP contribution >= 0.6 is 22.7 Å². The quantitative estimate of drug-likeness (QED) is 0.705. The fourth-order valence-electron chi connectivity index (χ4n) is 2.09. The summed E-state index contributed by atoms with van der Waals surface area (Å²) in [5.74, 6) is -0.250. The molecule has 2 amide bonds. The van der Waals surface area contributed by atoms with Gasteiger partial charge in [-0.15, -0.1) is 22.7 Å². The van der Waals surface area contributed by atoms with Gasteiger partial charge in [-0.05, 0) is 30.7 Å². The molecule has 3 heterocycles. The van der Waals surface area contributed by atoms with Crippen LogP contribution in [0.3, 0.4) is 0 Å². The highest BCUT2D eigenvalue weighted by Crippen LogP contribution is 2.27. The van der Waals surface area contributed by atoms with Crippen LogP contribution in [0.1, 0.15) is 30.8 Å². The van der Waals surface area contributed by atoms with Crippen LogP contribution in [-0.4, -0.2) is 23.3 Å². The predicted molar refractivity (Wildman–Crippen MR) is 93.9 cm³/mol. The number of carbonyl (C=O) groups is 2. The van der Waals surface area contributed by atoms with Crippen molar-refractivity contribution in [3.05, 3.63) is 57.2 Å². The predicted octanol–water partition coefficient (Wildman–Crippen LogP) is 3.33. The number of rotatable bonds is 6. The van der Waals surface area contributed by atoms with Crippen molar-refractivity contribution in [1.29, 1.82) is 0 Å². The van der Waals surface area contributed by atoms with Gasteiger partial charge in [-0.3, -0.25) is 9.59 Å². The smallest absolute Gasteiger partial charge is 0.291 e. The Morgan fingerprint density at radius 1 is 1.33 bits per heavy atom. The van der Waals surface area contributed by atoms with Gasteiger partial charge in [0, 0.05) is 24.5 Å². The lowest BCUT2D eigenvalue weighted by Gasteiger charge is -2.02. The first-order valence-electron chi connectivity index (χ1n) is 7.25. The van der Waals surface area contributed by atoms with Gasteiger partial charge in [0.25, 0.3) is 11.8 Å². The summed E-state index contributed by atoms with van der Waals surface area (Å²) in [6, 6.07) is 5.01. The van der Waals surface area contributed by atoms with Crippen LogP contribution in [0.5, 0.6) is 0 Å². The number of aryl methyl sites for hydroxylation is 1. The van der Waals surface area contributed by atoms with Crippen LogP contribution in [0.25, 0.3) is 0 Å². The minimum Gasteiger partial charge on any atom is -0.459 e. The molecular weight excluding hydrogens is 346 g/mol. The van der Waals surface area contributed by atoms with Crippen LogP contribution in [0.4, 0.5) is 5.00 Å². The Hall–Kier alpha value is -2.45. The van der Waals surface area contributed by atoms with E-state index in [4.69, 9.17) is 4.42 Å². The lowest BCUT2D eigenvalue weighted by atomic mass is 10.2. The topological polar surface area (TPSA) is 84.2 Å². The molecule has 0 fully saturated rings. The average Bonchev–Trinajstić information content (AvgIpc) is 3.28. The summed E-state index contributed by atoms with van der Waals surface area (Å²) in [4.78, 5) is 29.0. The monoisotopic (exact) mass is 361 g/mol. The minimum absolute atomic E-state index is 0.146. The molecule has 0 aliphatic heterocycles. The number of amides is 2. The zero-order valence-corrected chi connectivity index (χ0v) is 14.5. The molecule has 0 spiro atoms. The van der Waals surface area contributed by atoms with Crippen molar-refractivity contribution in [2.75, 3.05) is 11.9 Å². The summed E-state index contributed by atoms with van der Waals surface area (Å²) in [6.07, 6.45) is 3.89. The van der Waals surface area contributed by atoms with Gasteiger partial charge >= 0.3 is 0 Å². The summed E-state index contributed by atoms with van der Waals surface area (Å²) >= 11 is 2.81. The Morgan fingerprint density at radius 3 is 2.92 bits per heavy atom. The van der Waals surface area contributed by atoms with E-state index in [0.717, 1.165) is 10.6 Å². The van der Waals surface area contributed by atoms with E-state index in [2.05, 4.69) is 15.6 Å². The Balaban J connectivity index is 1.58. The summed E-state index contributed by atoms with van der Waals surface area (Å²) in [6.45, 7) is 2.37. The molecular formula is C16H15N3O3S2. The third-order valence-electron chi connectivity index (χ3n) is 3.21. The molecule has 8 heteroatoms. The van der Waals surface area contributed by atoms with E-state index in [1.54, 1.807) is 35.7 Å². The first-order chi connectivity index (χ1) is 11.6. The molecule has 0 atom stereocenters. The van der Waals surface area contributed by atoms with Gasteiger partial charge in [-0.2, -0.15) is 0 Å². The van der Waals surface area contributed by atoms with Gasteiger partial charge in [0.15, 0.2) is 5.76 Å². The summed E-state index contributed by atoms with van der Waals surface area (Å²) in [5, 5.41) is 9.13. The number of aromatic nitrogens is 1. The number of nitrogens with zero attached hydrogens (tertiary/aromatic N) is 1. The third kappa shape index (κ3) is 3.90. The van der Waals surface area contributed by atoms with E-state index < -0.39 is 0 Å². The summed E-state index contributed by atoms with van der Waals surface area (Å²) in [7, 11) is 0. The highest BCUT2D eigenvalue weighted by molar-refractivity contribution is 7.18. The lowest BCUT2D eigenvalue weighted by Crippen LogP contribution is -2.25. The molecule has 124 valence electrons. The number of hydrogen-bond acceptors (Lipinski definition) is 6. The number of thiophene rings is 1. The van der Waals surface area contributed by atoms with Crippen LogP contribution in [0.15, 0.2) is 40.5 Å². The van der Waals surface area contributed by atoms with Gasteiger partial charge < -0.3 is 15.1 Å². The number of furan rings is 1. The first-order valence-corrected chi connectivity index (χ1v) is 8.95. The second-order valence-corrected chi connectivity index (χ2v) is 7.02. The van der Waals surface area contributed by atoms with Gasteiger partial charge in [-0.25, -0.2) is 4.98 Å². The number of anilines is 1. The Morgan fingerprint density at radius 2 is 2.21 bits per heavy atom. The number of hydrogen-bond donors (Lipinski definition) is 2. The summed E-state index contributed by atoms with van der Waals surface area (Å²) in [5.41, 5.74) is 0.821. The van der Waals surface area contributed by atoms with Crippen molar-refractivity contribution >= 4 is 39.5 Å². The zero-order valence-electron chi connectivity index (χ0n) is 12.9. The van der Waals surface area contributed by atoms with Crippen molar-refractivity contribution < 1.29 is 14.0 Å². The molecule has 3 aromatic heterocycles. The van der Waals surface area contributed by atoms with E-state index >= 15 is 0 Å². The molecule has 0 unspecified atom stereocenters. The van der Waals surface area contributed by atoms with E-state index in [-0.39, 0.29) is 17.6 Å². The standard InChI is InChI=1S/C16H15N3O3S2/c1-10-9-13(19-15(20)11-3-2-7-22-11)24-14(10)16(21)18-5-4-12-17-6-8-23-12/h2-3,6-9H,4-5H2,1H3,(H,18,21)(H,19,20). The molecule has 0 radical (unpaired) electrons. The van der Waals surface area contributed by atoms with E-state index in [0.29, 0.717) is 22.8 Å². The van der Waals surface area contributed by atoms with Crippen molar-refractivity contribution in [3.63, 3.8) is 0 Å². The largest absolute Gasteiger partial charge is 0.459 e. The van der Waals surface area contributed by atoms with Gasteiger partial charge in [-0.1, -0.05) is 0 Å². The second kappa shape index (κ2) is 7.41. The maximum atomic E-state index is 12.3. The maximum absolute atomic E-state index is 12.3. The molecule has 0 bridgehead atoms. The molecule has 3 aromatic rings. The van der Waals surface area contributed by atoms with Crippen molar-refractivity contribution in [1.82, 2.24) is 10.3 Å². The highest BCUT2D eigenvalue weighted by atomic mass is 32.1. The second-order valence-electron chi connectivity index (χ2n) is 4.99. The molecule has 0 aliphatic rings. The highest BCUT2D eigenvalue weighted by Gasteiger charge is 2.16. The molecule has 6 nitrogen and oxygen atoms in total. The maximum Gasteiger partial charge on any atom is 0.291 e. The molecule has 24 heavy (non-hydrogen) atoms. The lowest BCUT2D eigenvalue weighted by molar-refractivity contribution is 0.0956. The van der Waals surface area contributed by atoms with Crippen molar-refractivity contribution in [3.8, 4) is 0 Å². The van der Waals surface area contributed by atoms with Gasteiger partial charge in [0.1, 0.15) is 0 Å². The summed E-state index contributed by atoms with van der Waals surface area (Å²) < 4.78 is 5.05. The third-order valence-corrected chi connectivity index (χ3v) is 5.20. The normalized spacial score (nSPS) is 10.5. The van der Waals surface area contributed by atoms with E-state index in [1.165, 1.54) is 17.6 Å². The Kier molecular flexibility index (Phi) is 5.07. The Labute approximate surface area is 146 Å². The average molecular weight is 361 g/mol. The zero-order chi connectivity index (χ0) is 16.9. The van der Waals surface area contributed by atoms with Crippen LogP contribution in [0, 0.1) is 6.92 Å². The molecule has 0 aromatic carbocycles. The number of nitrogens with one attached hydrogen (secondary N) is 2. The fraction of sp³-hybridized carbons (Fsp3) is 0.188. The van der Waals surface area contributed by atoms with E-state index in [1.807, 2.05) is 12.3 Å². The van der Waals surface area contributed by atoms with Crippen LogP contribution in [-0.2, 0) is 6.42 Å². The minimum atomic E-state index is -0.336. The Bertz CT molecular complexity index is 823.